The average Bonchev–Trinajstić information content (AvgIpc) is 2.86. The number of primary sulfonamides is 1. The maximum atomic E-state index is 12.6. The number of carbonyl (C=O) groups is 1. The van der Waals surface area contributed by atoms with Gasteiger partial charge in [-0.05, 0) is 18.2 Å². The van der Waals surface area contributed by atoms with E-state index in [1.807, 2.05) is 0 Å². The summed E-state index contributed by atoms with van der Waals surface area (Å²) >= 11 is 0.803. The first kappa shape index (κ1) is 15.7. The number of thiophene rings is 1. The molecule has 0 saturated heterocycles. The number of nitrogens with two attached hydrogens (primary N) is 1. The molecule has 0 radical (unpaired) electrons. The van der Waals surface area contributed by atoms with Crippen molar-refractivity contribution in [3.63, 3.8) is 0 Å². The summed E-state index contributed by atoms with van der Waals surface area (Å²) < 4.78 is 60.0. The average molecular weight is 335 g/mol. The van der Waals surface area contributed by atoms with Crippen LogP contribution in [0.15, 0.2) is 40.6 Å². The number of rotatable bonds is 3. The van der Waals surface area contributed by atoms with Crippen molar-refractivity contribution < 1.29 is 26.4 Å². The Balaban J connectivity index is 2.39. The first-order valence-electron chi connectivity index (χ1n) is 5.42. The van der Waals surface area contributed by atoms with Gasteiger partial charge >= 0.3 is 6.18 Å². The summed E-state index contributed by atoms with van der Waals surface area (Å²) in [7, 11) is -3.95. The highest BCUT2D eigenvalue weighted by Crippen LogP contribution is 2.30. The largest absolute Gasteiger partial charge is 0.416 e. The molecule has 2 N–H and O–H groups in total. The molecule has 0 aliphatic rings. The summed E-state index contributed by atoms with van der Waals surface area (Å²) in [5, 5.41) is 6.07. The highest BCUT2D eigenvalue weighted by Gasteiger charge is 2.31. The number of benzene rings is 1. The SMILES string of the molecule is NS(=O)(=O)c1csc(C(=O)c2cccc(C(F)(F)F)c2)c1. The Hall–Kier alpha value is -1.71. The van der Waals surface area contributed by atoms with Crippen LogP contribution in [0.3, 0.4) is 0 Å². The van der Waals surface area contributed by atoms with Crippen LogP contribution in [-0.4, -0.2) is 14.2 Å². The van der Waals surface area contributed by atoms with Gasteiger partial charge in [0.15, 0.2) is 0 Å². The summed E-state index contributed by atoms with van der Waals surface area (Å²) in [6, 6.07) is 4.96. The zero-order valence-corrected chi connectivity index (χ0v) is 11.8. The maximum absolute atomic E-state index is 12.6. The van der Waals surface area contributed by atoms with Gasteiger partial charge in [-0.25, -0.2) is 13.6 Å². The molecule has 9 heteroatoms. The summed E-state index contributed by atoms with van der Waals surface area (Å²) in [5.41, 5.74) is -1.12. The standard InChI is InChI=1S/C12H8F3NO3S2/c13-12(14,15)8-3-1-2-7(4-8)11(17)10-5-9(6-20-10)21(16,18)19/h1-6H,(H2,16,18,19). The van der Waals surface area contributed by atoms with Crippen LogP contribution in [0.4, 0.5) is 13.2 Å². The number of halogens is 3. The highest BCUT2D eigenvalue weighted by atomic mass is 32.2. The third-order valence-electron chi connectivity index (χ3n) is 2.58. The molecule has 0 saturated carbocycles. The molecule has 0 unspecified atom stereocenters. The van der Waals surface area contributed by atoms with E-state index in [4.69, 9.17) is 5.14 Å². The highest BCUT2D eigenvalue weighted by molar-refractivity contribution is 7.89. The quantitative estimate of drug-likeness (QED) is 0.876. The molecule has 21 heavy (non-hydrogen) atoms. The molecule has 2 aromatic rings. The van der Waals surface area contributed by atoms with Crippen molar-refractivity contribution in [3.05, 3.63) is 51.7 Å². The minimum absolute atomic E-state index is 0.00153. The number of ketones is 1. The van der Waals surface area contributed by atoms with E-state index in [2.05, 4.69) is 0 Å². The normalized spacial score (nSPS) is 12.4. The monoisotopic (exact) mass is 335 g/mol. The zero-order chi connectivity index (χ0) is 15.8. The van der Waals surface area contributed by atoms with Gasteiger partial charge in [-0.1, -0.05) is 12.1 Å². The number of alkyl halides is 3. The Morgan fingerprint density at radius 2 is 1.86 bits per heavy atom. The van der Waals surface area contributed by atoms with E-state index < -0.39 is 27.5 Å². The van der Waals surface area contributed by atoms with Crippen LogP contribution in [0.2, 0.25) is 0 Å². The van der Waals surface area contributed by atoms with Crippen molar-refractivity contribution >= 4 is 27.1 Å². The Morgan fingerprint density at radius 1 is 1.19 bits per heavy atom. The molecule has 0 spiro atoms. The van der Waals surface area contributed by atoms with Gasteiger partial charge in [0.05, 0.1) is 15.3 Å². The van der Waals surface area contributed by atoms with Gasteiger partial charge in [-0.15, -0.1) is 11.3 Å². The molecular weight excluding hydrogens is 327 g/mol. The lowest BCUT2D eigenvalue weighted by atomic mass is 10.1. The minimum atomic E-state index is -4.56. The summed E-state index contributed by atoms with van der Waals surface area (Å²) in [6.45, 7) is 0. The summed E-state index contributed by atoms with van der Waals surface area (Å²) in [5.74, 6) is -0.694. The van der Waals surface area contributed by atoms with Crippen LogP contribution in [0.25, 0.3) is 0 Å². The molecule has 0 atom stereocenters. The zero-order valence-electron chi connectivity index (χ0n) is 10.2. The third kappa shape index (κ3) is 3.49. The van der Waals surface area contributed by atoms with Crippen molar-refractivity contribution in [1.29, 1.82) is 0 Å². The number of carbonyl (C=O) groups excluding carboxylic acids is 1. The number of hydrogen-bond acceptors (Lipinski definition) is 4. The van der Waals surface area contributed by atoms with Gasteiger partial charge in [0.1, 0.15) is 0 Å². The van der Waals surface area contributed by atoms with Gasteiger partial charge in [-0.2, -0.15) is 13.2 Å². The molecule has 2 rings (SSSR count). The van der Waals surface area contributed by atoms with E-state index in [0.29, 0.717) is 0 Å². The topological polar surface area (TPSA) is 77.2 Å². The molecule has 0 aliphatic heterocycles. The molecule has 0 fully saturated rings. The van der Waals surface area contributed by atoms with Crippen LogP contribution in [-0.2, 0) is 16.2 Å². The molecule has 112 valence electrons. The minimum Gasteiger partial charge on any atom is -0.288 e. The van der Waals surface area contributed by atoms with E-state index in [-0.39, 0.29) is 15.3 Å². The van der Waals surface area contributed by atoms with E-state index in [1.165, 1.54) is 6.07 Å². The van der Waals surface area contributed by atoms with Gasteiger partial charge in [0.2, 0.25) is 15.8 Å². The fourth-order valence-electron chi connectivity index (χ4n) is 1.57. The van der Waals surface area contributed by atoms with Crippen LogP contribution < -0.4 is 5.14 Å². The second-order valence-corrected chi connectivity index (χ2v) is 6.57. The molecule has 0 amide bonds. The summed E-state index contributed by atoms with van der Waals surface area (Å²) in [6.07, 6.45) is -4.56. The van der Waals surface area contributed by atoms with Gasteiger partial charge in [0, 0.05) is 10.9 Å². The van der Waals surface area contributed by atoms with Crippen LogP contribution in [0, 0.1) is 0 Å². The Kier molecular flexibility index (Phi) is 3.91. The molecule has 1 aromatic carbocycles. The molecule has 0 aliphatic carbocycles. The molecular formula is C12H8F3NO3S2. The predicted octanol–water partition coefficient (Wildman–Crippen LogP) is 2.65. The van der Waals surface area contributed by atoms with Gasteiger partial charge < -0.3 is 0 Å². The van der Waals surface area contributed by atoms with Gasteiger partial charge in [-0.3, -0.25) is 4.79 Å². The van der Waals surface area contributed by atoms with Crippen molar-refractivity contribution in [1.82, 2.24) is 0 Å². The van der Waals surface area contributed by atoms with Gasteiger partial charge in [0.25, 0.3) is 0 Å². The Bertz CT molecular complexity index is 794. The predicted molar refractivity (Wildman–Crippen MR) is 70.6 cm³/mol. The van der Waals surface area contributed by atoms with E-state index in [1.54, 1.807) is 0 Å². The Labute approximate surface area is 122 Å². The fraction of sp³-hybridized carbons (Fsp3) is 0.0833. The van der Waals surface area contributed by atoms with Crippen LogP contribution in [0.5, 0.6) is 0 Å². The van der Waals surface area contributed by atoms with Crippen LogP contribution >= 0.6 is 11.3 Å². The lowest BCUT2D eigenvalue weighted by Crippen LogP contribution is -2.11. The lowest BCUT2D eigenvalue weighted by molar-refractivity contribution is -0.137. The smallest absolute Gasteiger partial charge is 0.288 e. The lowest BCUT2D eigenvalue weighted by Gasteiger charge is -2.07. The van der Waals surface area contributed by atoms with Crippen molar-refractivity contribution in [3.8, 4) is 0 Å². The molecule has 0 bridgehead atoms. The maximum Gasteiger partial charge on any atom is 0.416 e. The van der Waals surface area contributed by atoms with E-state index in [0.717, 1.165) is 41.0 Å². The number of hydrogen-bond donors (Lipinski definition) is 1. The van der Waals surface area contributed by atoms with Crippen molar-refractivity contribution in [2.24, 2.45) is 5.14 Å². The first-order valence-corrected chi connectivity index (χ1v) is 7.85. The molecule has 1 heterocycles. The van der Waals surface area contributed by atoms with Crippen LogP contribution in [0.1, 0.15) is 20.8 Å². The van der Waals surface area contributed by atoms with E-state index >= 15 is 0 Å². The van der Waals surface area contributed by atoms with Crippen molar-refractivity contribution in [2.75, 3.05) is 0 Å². The second-order valence-electron chi connectivity index (χ2n) is 4.10. The fourth-order valence-corrected chi connectivity index (χ4v) is 3.33. The third-order valence-corrected chi connectivity index (χ3v) is 4.55. The second kappa shape index (κ2) is 5.24. The Morgan fingerprint density at radius 3 is 2.38 bits per heavy atom. The van der Waals surface area contributed by atoms with E-state index in [9.17, 15) is 26.4 Å². The molecule has 4 nitrogen and oxygen atoms in total. The first-order chi connectivity index (χ1) is 9.59. The van der Waals surface area contributed by atoms with Crippen molar-refractivity contribution in [2.45, 2.75) is 11.1 Å². The molecule has 1 aromatic heterocycles. The summed E-state index contributed by atoms with van der Waals surface area (Å²) in [4.78, 5) is 11.8. The number of sulfonamides is 1.